The van der Waals surface area contributed by atoms with Crippen LogP contribution in [0.25, 0.3) is 0 Å². The Morgan fingerprint density at radius 1 is 1.30 bits per heavy atom. The van der Waals surface area contributed by atoms with Crippen molar-refractivity contribution < 1.29 is 24.3 Å². The van der Waals surface area contributed by atoms with E-state index in [1.165, 1.54) is 11.1 Å². The van der Waals surface area contributed by atoms with Gasteiger partial charge in [0.2, 0.25) is 11.8 Å². The fourth-order valence-electron chi connectivity index (χ4n) is 3.58. The molecule has 2 aromatic heterocycles. The highest BCUT2D eigenvalue weighted by Crippen LogP contribution is 2.31. The number of aromatic nitrogens is 5. The normalized spacial score (nSPS) is 15.7. The summed E-state index contributed by atoms with van der Waals surface area (Å²) in [5.41, 5.74) is 0.691. The molecule has 0 saturated carbocycles. The van der Waals surface area contributed by atoms with Gasteiger partial charge in [-0.15, -0.1) is 10.2 Å². The zero-order chi connectivity index (χ0) is 24.0. The van der Waals surface area contributed by atoms with Crippen LogP contribution in [0.3, 0.4) is 0 Å². The van der Waals surface area contributed by atoms with Gasteiger partial charge in [0, 0.05) is 25.5 Å². The lowest BCUT2D eigenvalue weighted by Gasteiger charge is -2.28. The zero-order valence-corrected chi connectivity index (χ0v) is 18.3. The number of anilines is 1. The molecule has 0 fully saturated rings. The molecule has 4 N–H and O–H groups in total. The van der Waals surface area contributed by atoms with Gasteiger partial charge in [-0.3, -0.25) is 24.1 Å². The molecule has 1 aliphatic rings. The van der Waals surface area contributed by atoms with E-state index in [9.17, 15) is 19.2 Å². The maximum absolute atomic E-state index is 13.5. The molecule has 176 valence electrons. The molecular weight excluding hydrogens is 432 g/mol. The lowest BCUT2D eigenvalue weighted by atomic mass is 10.1. The Kier molecular flexibility index (Phi) is 7.64. The molecule has 2 aromatic rings. The Morgan fingerprint density at radius 3 is 2.76 bits per heavy atom. The number of aromatic amines is 1. The lowest BCUT2D eigenvalue weighted by Crippen LogP contribution is -2.55. The number of fused-ring (bicyclic) bond motifs is 1. The van der Waals surface area contributed by atoms with Gasteiger partial charge < -0.3 is 15.7 Å². The van der Waals surface area contributed by atoms with Crippen LogP contribution in [-0.4, -0.2) is 66.5 Å². The van der Waals surface area contributed by atoms with Crippen molar-refractivity contribution in [3.05, 3.63) is 29.7 Å². The summed E-state index contributed by atoms with van der Waals surface area (Å²) in [7, 11) is 0. The molecule has 0 aliphatic carbocycles. The van der Waals surface area contributed by atoms with Crippen LogP contribution < -0.4 is 15.5 Å². The number of pyridine rings is 1. The minimum absolute atomic E-state index is 0.00516. The molecule has 3 amide bonds. The number of hydrogen-bond donors (Lipinski definition) is 4. The SMILES string of the molecule is CC(C)CC(=O)N[C@@H](CCC(=O)O)C(=O)N1c2ncccc2C[C@H]1C(=O)NCc1nn[nH]n1. The third kappa shape index (κ3) is 6.08. The largest absolute Gasteiger partial charge is 0.481 e. The Hall–Kier alpha value is -3.90. The molecule has 1 aliphatic heterocycles. The molecule has 0 bridgehead atoms. The van der Waals surface area contributed by atoms with E-state index in [0.29, 0.717) is 11.4 Å². The molecule has 3 rings (SSSR count). The van der Waals surface area contributed by atoms with Crippen LogP contribution in [0.2, 0.25) is 0 Å². The molecule has 2 atom stereocenters. The van der Waals surface area contributed by atoms with E-state index in [0.717, 1.165) is 0 Å². The van der Waals surface area contributed by atoms with Gasteiger partial charge in [-0.1, -0.05) is 25.1 Å². The van der Waals surface area contributed by atoms with E-state index in [1.54, 1.807) is 12.1 Å². The Balaban J connectivity index is 1.83. The zero-order valence-electron chi connectivity index (χ0n) is 18.3. The summed E-state index contributed by atoms with van der Waals surface area (Å²) in [6, 6.07) is 1.42. The number of carbonyl (C=O) groups is 4. The first-order valence-corrected chi connectivity index (χ1v) is 10.5. The van der Waals surface area contributed by atoms with E-state index in [1.807, 2.05) is 13.8 Å². The second-order valence-corrected chi connectivity index (χ2v) is 8.11. The minimum Gasteiger partial charge on any atom is -0.481 e. The van der Waals surface area contributed by atoms with Crippen LogP contribution in [0.15, 0.2) is 18.3 Å². The summed E-state index contributed by atoms with van der Waals surface area (Å²) in [4.78, 5) is 55.6. The fourth-order valence-corrected chi connectivity index (χ4v) is 3.58. The molecule has 3 heterocycles. The number of amides is 3. The van der Waals surface area contributed by atoms with E-state index < -0.39 is 29.9 Å². The standard InChI is InChI=1S/C20H26N8O5/c1-11(2)8-16(29)23-13(5-6-17(30)31)20(33)28-14(9-12-4-3-7-21-18(12)28)19(32)22-10-15-24-26-27-25-15/h3-4,7,11,13-14H,5-6,8-10H2,1-2H3,(H,22,32)(H,23,29)(H,30,31)(H,24,25,26,27)/t13-,14-/m0/s1. The number of carbonyl (C=O) groups excluding carboxylic acids is 3. The van der Waals surface area contributed by atoms with Crippen molar-refractivity contribution in [2.75, 3.05) is 4.90 Å². The minimum atomic E-state index is -1.12. The number of tetrazole rings is 1. The molecule has 13 heteroatoms. The second-order valence-electron chi connectivity index (χ2n) is 8.11. The van der Waals surface area contributed by atoms with Crippen LogP contribution in [0.4, 0.5) is 5.82 Å². The van der Waals surface area contributed by atoms with Crippen molar-refractivity contribution in [2.24, 2.45) is 5.92 Å². The molecule has 13 nitrogen and oxygen atoms in total. The summed E-state index contributed by atoms with van der Waals surface area (Å²) in [6.45, 7) is 3.72. The first kappa shape index (κ1) is 23.8. The maximum Gasteiger partial charge on any atom is 0.303 e. The maximum atomic E-state index is 13.5. The van der Waals surface area contributed by atoms with Gasteiger partial charge >= 0.3 is 5.97 Å². The van der Waals surface area contributed by atoms with Crippen LogP contribution >= 0.6 is 0 Å². The molecule has 0 aromatic carbocycles. The van der Waals surface area contributed by atoms with Crippen molar-refractivity contribution in [3.8, 4) is 0 Å². The van der Waals surface area contributed by atoms with Gasteiger partial charge in [0.15, 0.2) is 5.82 Å². The van der Waals surface area contributed by atoms with Gasteiger partial charge in [0.1, 0.15) is 17.9 Å². The Labute approximate surface area is 189 Å². The summed E-state index contributed by atoms with van der Waals surface area (Å²) in [6.07, 6.45) is 1.46. The van der Waals surface area contributed by atoms with Crippen LogP contribution in [0, 0.1) is 5.92 Å². The fraction of sp³-hybridized carbons (Fsp3) is 0.500. The highest BCUT2D eigenvalue weighted by atomic mass is 16.4. The average Bonchev–Trinajstić information content (AvgIpc) is 3.41. The van der Waals surface area contributed by atoms with Crippen LogP contribution in [-0.2, 0) is 32.1 Å². The van der Waals surface area contributed by atoms with Gasteiger partial charge in [-0.05, 0) is 24.0 Å². The quantitative estimate of drug-likeness (QED) is 0.367. The molecule has 0 saturated heterocycles. The predicted molar refractivity (Wildman–Crippen MR) is 113 cm³/mol. The van der Waals surface area contributed by atoms with E-state index in [-0.39, 0.29) is 49.9 Å². The van der Waals surface area contributed by atoms with Crippen molar-refractivity contribution in [1.82, 2.24) is 36.2 Å². The average molecular weight is 458 g/mol. The van der Waals surface area contributed by atoms with Crippen LogP contribution in [0.5, 0.6) is 0 Å². The molecule has 0 spiro atoms. The summed E-state index contributed by atoms with van der Waals surface area (Å²) >= 11 is 0. The molecular formula is C20H26N8O5. The lowest BCUT2D eigenvalue weighted by molar-refractivity contribution is -0.138. The predicted octanol–water partition coefficient (Wildman–Crippen LogP) is -0.435. The number of nitrogens with one attached hydrogen (secondary N) is 3. The van der Waals surface area contributed by atoms with Gasteiger partial charge in [-0.25, -0.2) is 4.98 Å². The number of rotatable bonds is 10. The van der Waals surface area contributed by atoms with Crippen molar-refractivity contribution in [3.63, 3.8) is 0 Å². The van der Waals surface area contributed by atoms with Crippen molar-refractivity contribution in [2.45, 2.75) is 58.2 Å². The van der Waals surface area contributed by atoms with Gasteiger partial charge in [-0.2, -0.15) is 5.21 Å². The van der Waals surface area contributed by atoms with E-state index in [2.05, 4.69) is 36.2 Å². The number of carboxylic acid groups (broad SMARTS) is 1. The third-order valence-electron chi connectivity index (χ3n) is 5.04. The smallest absolute Gasteiger partial charge is 0.303 e. The van der Waals surface area contributed by atoms with Gasteiger partial charge in [0.05, 0.1) is 6.54 Å². The third-order valence-corrected chi connectivity index (χ3v) is 5.04. The van der Waals surface area contributed by atoms with Crippen molar-refractivity contribution >= 4 is 29.5 Å². The number of nitrogens with zero attached hydrogens (tertiary/aromatic N) is 5. The first-order chi connectivity index (χ1) is 15.8. The van der Waals surface area contributed by atoms with E-state index >= 15 is 0 Å². The highest BCUT2D eigenvalue weighted by molar-refractivity contribution is 6.06. The number of aliphatic carboxylic acids is 1. The molecule has 33 heavy (non-hydrogen) atoms. The Morgan fingerprint density at radius 2 is 2.09 bits per heavy atom. The summed E-state index contributed by atoms with van der Waals surface area (Å²) in [5.74, 6) is -1.89. The number of H-pyrrole nitrogens is 1. The Bertz CT molecular complexity index is 1010. The second kappa shape index (κ2) is 10.6. The number of carboxylic acids is 1. The van der Waals surface area contributed by atoms with Crippen molar-refractivity contribution in [1.29, 1.82) is 0 Å². The topological polar surface area (TPSA) is 183 Å². The summed E-state index contributed by atoms with van der Waals surface area (Å²) < 4.78 is 0. The number of hydrogen-bond acceptors (Lipinski definition) is 8. The van der Waals surface area contributed by atoms with E-state index in [4.69, 9.17) is 5.11 Å². The van der Waals surface area contributed by atoms with Crippen LogP contribution in [0.1, 0.15) is 44.5 Å². The molecule has 0 radical (unpaired) electrons. The van der Waals surface area contributed by atoms with Gasteiger partial charge in [0.25, 0.3) is 5.91 Å². The molecule has 0 unspecified atom stereocenters. The highest BCUT2D eigenvalue weighted by Gasteiger charge is 2.42. The monoisotopic (exact) mass is 458 g/mol. The first-order valence-electron chi connectivity index (χ1n) is 10.5. The summed E-state index contributed by atoms with van der Waals surface area (Å²) in [5, 5.41) is 27.7.